The largest absolute Gasteiger partial charge is 0.490 e. The molecule has 1 atom stereocenters. The molecule has 0 aromatic heterocycles. The minimum atomic E-state index is -3.52. The number of sulfonamides is 1. The number of fused-ring (bicyclic) bond motifs is 2. The van der Waals surface area contributed by atoms with Gasteiger partial charge < -0.3 is 15.8 Å². The predicted octanol–water partition coefficient (Wildman–Crippen LogP) is 4.94. The molecule has 2 heterocycles. The van der Waals surface area contributed by atoms with E-state index in [1.807, 2.05) is 54.6 Å². The third kappa shape index (κ3) is 5.98. The van der Waals surface area contributed by atoms with E-state index in [1.54, 1.807) is 11.2 Å². The van der Waals surface area contributed by atoms with E-state index < -0.39 is 10.0 Å². The van der Waals surface area contributed by atoms with E-state index >= 15 is 0 Å². The number of nitrogen functional groups attached to an aromatic ring is 1. The molecule has 0 bridgehead atoms. The fourth-order valence-corrected chi connectivity index (χ4v) is 6.53. The second-order valence-corrected chi connectivity index (χ2v) is 11.5. The third-order valence-corrected chi connectivity index (χ3v) is 8.85. The summed E-state index contributed by atoms with van der Waals surface area (Å²) >= 11 is 0. The second-order valence-electron chi connectivity index (χ2n) is 9.34. The number of ether oxygens (including phenoxy) is 1. The van der Waals surface area contributed by atoms with E-state index in [4.69, 9.17) is 15.9 Å². The van der Waals surface area contributed by atoms with Gasteiger partial charge in [0.2, 0.25) is 10.0 Å². The van der Waals surface area contributed by atoms with Crippen LogP contribution in [0.3, 0.4) is 0 Å². The highest BCUT2D eigenvalue weighted by molar-refractivity contribution is 7.92. The molecule has 2 aliphatic heterocycles. The topological polar surface area (TPSA) is 109 Å². The molecule has 0 spiro atoms. The summed E-state index contributed by atoms with van der Waals surface area (Å²) in [5.41, 5.74) is 9.02. The number of hydrogen-bond acceptors (Lipinski definition) is 5. The van der Waals surface area contributed by atoms with Crippen LogP contribution in [0.5, 0.6) is 5.75 Å². The molecule has 4 N–H and O–H groups in total. The van der Waals surface area contributed by atoms with Gasteiger partial charge in [-0.05, 0) is 97.9 Å². The lowest BCUT2D eigenvalue weighted by molar-refractivity contribution is 0.162. The molecule has 0 saturated carbocycles. The number of nitrogens with zero attached hydrogens (tertiary/aromatic N) is 1. The molecule has 7 nitrogen and oxygen atoms in total. The highest BCUT2D eigenvalue weighted by Gasteiger charge is 2.35. The smallest absolute Gasteiger partial charge is 0.235 e. The SMILES string of the molecule is CCS(=O)(=O)N1c2ccc(OC3CCNCC3)cc2CCC1c1ccc2ccc(C(=N)N)cc2c1.Cl.Cl. The van der Waals surface area contributed by atoms with Crippen LogP contribution in [0.15, 0.2) is 54.6 Å². The summed E-state index contributed by atoms with van der Waals surface area (Å²) in [6.07, 6.45) is 3.59. The maximum absolute atomic E-state index is 13.4. The summed E-state index contributed by atoms with van der Waals surface area (Å²) in [5, 5.41) is 13.1. The Kier molecular flexibility index (Phi) is 9.34. The van der Waals surface area contributed by atoms with Crippen molar-refractivity contribution in [3.05, 3.63) is 71.3 Å². The lowest BCUT2D eigenvalue weighted by Gasteiger charge is -2.38. The molecule has 1 fully saturated rings. The molecule has 10 heteroatoms. The van der Waals surface area contributed by atoms with Gasteiger partial charge in [-0.25, -0.2) is 8.42 Å². The van der Waals surface area contributed by atoms with Gasteiger partial charge in [-0.2, -0.15) is 0 Å². The zero-order valence-corrected chi connectivity index (χ0v) is 23.2. The maximum atomic E-state index is 13.4. The summed E-state index contributed by atoms with van der Waals surface area (Å²) in [6.45, 7) is 3.60. The van der Waals surface area contributed by atoms with Crippen LogP contribution in [0.4, 0.5) is 5.69 Å². The van der Waals surface area contributed by atoms with Gasteiger partial charge in [0.15, 0.2) is 0 Å². The predicted molar refractivity (Wildman–Crippen MR) is 155 cm³/mol. The lowest BCUT2D eigenvalue weighted by atomic mass is 9.91. The molecule has 37 heavy (non-hydrogen) atoms. The van der Waals surface area contributed by atoms with Gasteiger partial charge in [-0.3, -0.25) is 9.71 Å². The summed E-state index contributed by atoms with van der Waals surface area (Å²) in [7, 11) is -3.52. The van der Waals surface area contributed by atoms with Gasteiger partial charge in [0.05, 0.1) is 17.5 Å². The van der Waals surface area contributed by atoms with Gasteiger partial charge >= 0.3 is 0 Å². The van der Waals surface area contributed by atoms with E-state index in [1.165, 1.54) is 0 Å². The summed E-state index contributed by atoms with van der Waals surface area (Å²) < 4.78 is 34.5. The van der Waals surface area contributed by atoms with Crippen LogP contribution in [0.25, 0.3) is 10.8 Å². The van der Waals surface area contributed by atoms with E-state index in [0.717, 1.165) is 65.7 Å². The number of anilines is 1. The number of aryl methyl sites for hydroxylation is 1. The van der Waals surface area contributed by atoms with Crippen LogP contribution in [-0.2, 0) is 16.4 Å². The minimum absolute atomic E-state index is 0. The van der Waals surface area contributed by atoms with Crippen molar-refractivity contribution in [2.24, 2.45) is 5.73 Å². The molecule has 1 saturated heterocycles. The first kappa shape index (κ1) is 29.0. The van der Waals surface area contributed by atoms with Crippen LogP contribution in [-0.4, -0.2) is 39.2 Å². The number of nitrogens with one attached hydrogen (secondary N) is 2. The van der Waals surface area contributed by atoms with E-state index in [9.17, 15) is 8.42 Å². The van der Waals surface area contributed by atoms with Crippen molar-refractivity contribution < 1.29 is 13.2 Å². The number of hydrogen-bond donors (Lipinski definition) is 3. The van der Waals surface area contributed by atoms with Crippen molar-refractivity contribution >= 4 is 57.1 Å². The number of amidine groups is 1. The van der Waals surface area contributed by atoms with Gasteiger partial charge in [-0.1, -0.05) is 24.3 Å². The zero-order chi connectivity index (χ0) is 24.6. The van der Waals surface area contributed by atoms with Gasteiger partial charge in [0.25, 0.3) is 0 Å². The normalized spacial score (nSPS) is 17.9. The highest BCUT2D eigenvalue weighted by Crippen LogP contribution is 2.42. The Labute approximate surface area is 231 Å². The Bertz CT molecular complexity index is 1380. The summed E-state index contributed by atoms with van der Waals surface area (Å²) in [6, 6.07) is 17.2. The molecule has 2 aliphatic rings. The Morgan fingerprint density at radius 1 is 1.03 bits per heavy atom. The fraction of sp³-hybridized carbons (Fsp3) is 0.370. The average Bonchev–Trinajstić information content (AvgIpc) is 2.87. The van der Waals surface area contributed by atoms with Crippen molar-refractivity contribution in [1.29, 1.82) is 5.41 Å². The van der Waals surface area contributed by atoms with E-state index in [-0.39, 0.29) is 48.5 Å². The number of benzene rings is 3. The van der Waals surface area contributed by atoms with Gasteiger partial charge in [-0.15, -0.1) is 24.8 Å². The highest BCUT2D eigenvalue weighted by atomic mass is 35.5. The fourth-order valence-electron chi connectivity index (χ4n) is 5.16. The molecule has 0 aliphatic carbocycles. The van der Waals surface area contributed by atoms with E-state index in [0.29, 0.717) is 12.0 Å². The van der Waals surface area contributed by atoms with E-state index in [2.05, 4.69) is 5.32 Å². The quantitative estimate of drug-likeness (QED) is 0.290. The van der Waals surface area contributed by atoms with Crippen LogP contribution < -0.4 is 20.1 Å². The molecular formula is C27H34Cl2N4O3S. The van der Waals surface area contributed by atoms with Gasteiger partial charge in [0.1, 0.15) is 17.7 Å². The third-order valence-electron chi connectivity index (χ3n) is 7.07. The Morgan fingerprint density at radius 2 is 1.76 bits per heavy atom. The maximum Gasteiger partial charge on any atom is 0.235 e. The molecule has 3 aromatic rings. The Morgan fingerprint density at radius 3 is 2.46 bits per heavy atom. The van der Waals surface area contributed by atoms with Crippen molar-refractivity contribution in [3.63, 3.8) is 0 Å². The van der Waals surface area contributed by atoms with Crippen molar-refractivity contribution in [1.82, 2.24) is 5.32 Å². The van der Waals surface area contributed by atoms with Crippen molar-refractivity contribution in [3.8, 4) is 5.75 Å². The number of nitrogens with two attached hydrogens (primary N) is 1. The number of rotatable bonds is 6. The summed E-state index contributed by atoms with van der Waals surface area (Å²) in [5.74, 6) is 0.852. The first-order chi connectivity index (χ1) is 16.9. The standard InChI is InChI=1S/C27H32N4O3S.2ClH/c1-2-35(32,33)31-25(19-5-3-18-4-6-21(27(28)29)16-22(18)15-19)9-7-20-17-24(8-10-26(20)31)34-23-11-13-30-14-12-23;;/h3-6,8,10,15-17,23,25,30H,2,7,9,11-14H2,1H3,(H3,28,29);2*1H. The molecule has 0 amide bonds. The van der Waals surface area contributed by atoms with Crippen molar-refractivity contribution in [2.45, 2.75) is 44.8 Å². The van der Waals surface area contributed by atoms with Gasteiger partial charge in [0, 0.05) is 5.56 Å². The van der Waals surface area contributed by atoms with Crippen LogP contribution in [0.1, 0.15) is 48.9 Å². The first-order valence-corrected chi connectivity index (χ1v) is 13.9. The average molecular weight is 566 g/mol. The minimum Gasteiger partial charge on any atom is -0.490 e. The molecule has 0 radical (unpaired) electrons. The Balaban J connectivity index is 0.00000190. The van der Waals surface area contributed by atoms with Crippen LogP contribution in [0, 0.1) is 5.41 Å². The number of piperidine rings is 1. The van der Waals surface area contributed by atoms with Crippen LogP contribution in [0.2, 0.25) is 0 Å². The Hall–Kier alpha value is -2.52. The number of halogens is 2. The van der Waals surface area contributed by atoms with Crippen LogP contribution >= 0.6 is 24.8 Å². The zero-order valence-electron chi connectivity index (χ0n) is 20.8. The molecule has 5 rings (SSSR count). The molecule has 3 aromatic carbocycles. The monoisotopic (exact) mass is 564 g/mol. The molecule has 200 valence electrons. The molecule has 1 unspecified atom stereocenters. The second kappa shape index (κ2) is 11.9. The molecular weight excluding hydrogens is 531 g/mol. The lowest BCUT2D eigenvalue weighted by Crippen LogP contribution is -2.39. The summed E-state index contributed by atoms with van der Waals surface area (Å²) in [4.78, 5) is 0. The van der Waals surface area contributed by atoms with Crippen molar-refractivity contribution in [2.75, 3.05) is 23.1 Å². The first-order valence-electron chi connectivity index (χ1n) is 12.3.